The molecule has 0 unspecified atom stereocenters. The molecule has 0 radical (unpaired) electrons. The molecule has 5 heteroatoms. The van der Waals surface area contributed by atoms with Crippen LogP contribution in [0.15, 0.2) is 22.8 Å². The molecule has 0 aliphatic heterocycles. The summed E-state index contributed by atoms with van der Waals surface area (Å²) >= 11 is 3.31. The molecule has 1 heterocycles. The monoisotopic (exact) mass is 293 g/mol. The topological polar surface area (TPSA) is 63.2 Å². The zero-order valence-corrected chi connectivity index (χ0v) is 10.6. The molecule has 1 aromatic carbocycles. The molecule has 0 saturated carbocycles. The number of fused-ring (bicyclic) bond motifs is 1. The van der Waals surface area contributed by atoms with E-state index in [1.54, 1.807) is 6.07 Å². The number of nitriles is 1. The average Bonchev–Trinajstić information content (AvgIpc) is 2.84. The number of alkyl halides is 1. The van der Waals surface area contributed by atoms with Crippen LogP contribution in [0.2, 0.25) is 0 Å². The van der Waals surface area contributed by atoms with Crippen molar-refractivity contribution < 1.29 is 13.9 Å². The first-order valence-electron chi connectivity index (χ1n) is 4.80. The normalized spacial score (nSPS) is 10.2. The van der Waals surface area contributed by atoms with E-state index < -0.39 is 5.97 Å². The van der Waals surface area contributed by atoms with E-state index >= 15 is 0 Å². The Morgan fingerprint density at radius 3 is 3.00 bits per heavy atom. The van der Waals surface area contributed by atoms with Gasteiger partial charge in [0, 0.05) is 16.3 Å². The number of furan rings is 1. The molecule has 0 amide bonds. The largest absolute Gasteiger partial charge is 0.465 e. The van der Waals surface area contributed by atoms with Gasteiger partial charge in [-0.25, -0.2) is 4.79 Å². The number of hydrogen-bond acceptors (Lipinski definition) is 4. The molecule has 0 N–H and O–H groups in total. The van der Waals surface area contributed by atoms with Crippen LogP contribution in [0.4, 0.5) is 0 Å². The van der Waals surface area contributed by atoms with E-state index in [0.29, 0.717) is 33.0 Å². The second-order valence-electron chi connectivity index (χ2n) is 3.35. The Kier molecular flexibility index (Phi) is 3.16. The number of rotatable bonds is 2. The smallest absolute Gasteiger partial charge is 0.338 e. The van der Waals surface area contributed by atoms with E-state index in [9.17, 15) is 4.79 Å². The van der Waals surface area contributed by atoms with Crippen molar-refractivity contribution in [2.45, 2.75) is 5.33 Å². The molecule has 0 spiro atoms. The van der Waals surface area contributed by atoms with Gasteiger partial charge in [0.05, 0.1) is 30.6 Å². The summed E-state index contributed by atoms with van der Waals surface area (Å²) in [7, 11) is 1.30. The third kappa shape index (κ3) is 1.81. The first-order valence-corrected chi connectivity index (χ1v) is 5.92. The van der Waals surface area contributed by atoms with Gasteiger partial charge < -0.3 is 9.15 Å². The highest BCUT2D eigenvalue weighted by Crippen LogP contribution is 2.29. The van der Waals surface area contributed by atoms with Crippen molar-refractivity contribution in [1.82, 2.24) is 0 Å². The summed E-state index contributed by atoms with van der Waals surface area (Å²) in [5.74, 6) is -0.478. The number of benzene rings is 1. The summed E-state index contributed by atoms with van der Waals surface area (Å²) in [6.07, 6.45) is 1.50. The number of nitrogens with zero attached hydrogens (tertiary/aromatic N) is 1. The fraction of sp³-hybridized carbons (Fsp3) is 0.167. The van der Waals surface area contributed by atoms with Gasteiger partial charge >= 0.3 is 5.97 Å². The van der Waals surface area contributed by atoms with Crippen LogP contribution in [0.5, 0.6) is 0 Å². The summed E-state index contributed by atoms with van der Waals surface area (Å²) in [5.41, 5.74) is 1.99. The van der Waals surface area contributed by atoms with Gasteiger partial charge in [-0.15, -0.1) is 0 Å². The minimum atomic E-state index is -0.478. The van der Waals surface area contributed by atoms with Crippen LogP contribution in [0.1, 0.15) is 21.5 Å². The number of halogens is 1. The first kappa shape index (κ1) is 11.7. The van der Waals surface area contributed by atoms with Crippen LogP contribution in [-0.4, -0.2) is 13.1 Å². The molecule has 4 nitrogen and oxygen atoms in total. The summed E-state index contributed by atoms with van der Waals surface area (Å²) in [4.78, 5) is 11.6. The third-order valence-electron chi connectivity index (χ3n) is 2.50. The predicted octanol–water partition coefficient (Wildman–Crippen LogP) is 2.99. The molecular weight excluding hydrogens is 286 g/mol. The zero-order chi connectivity index (χ0) is 12.4. The molecule has 0 aliphatic rings. The van der Waals surface area contributed by atoms with Gasteiger partial charge in [-0.05, 0) is 12.1 Å². The molecular formula is C12H8BrNO3. The van der Waals surface area contributed by atoms with Gasteiger partial charge in [0.1, 0.15) is 5.58 Å². The highest BCUT2D eigenvalue weighted by molar-refractivity contribution is 9.08. The Morgan fingerprint density at radius 1 is 1.65 bits per heavy atom. The van der Waals surface area contributed by atoms with Gasteiger partial charge in [0.15, 0.2) is 0 Å². The maximum atomic E-state index is 11.6. The van der Waals surface area contributed by atoms with Crippen LogP contribution < -0.4 is 0 Å². The quantitative estimate of drug-likeness (QED) is 0.631. The van der Waals surface area contributed by atoms with Gasteiger partial charge in [-0.2, -0.15) is 5.26 Å². The van der Waals surface area contributed by atoms with E-state index in [-0.39, 0.29) is 0 Å². The fourth-order valence-electron chi connectivity index (χ4n) is 1.70. The lowest BCUT2D eigenvalue weighted by atomic mass is 10.0. The molecule has 0 bridgehead atoms. The van der Waals surface area contributed by atoms with Gasteiger partial charge in [0.25, 0.3) is 0 Å². The van der Waals surface area contributed by atoms with Crippen molar-refractivity contribution in [2.75, 3.05) is 7.11 Å². The van der Waals surface area contributed by atoms with Crippen molar-refractivity contribution in [3.05, 3.63) is 35.1 Å². The highest BCUT2D eigenvalue weighted by Gasteiger charge is 2.19. The second-order valence-corrected chi connectivity index (χ2v) is 3.91. The Balaban J connectivity index is 2.83. The van der Waals surface area contributed by atoms with Crippen LogP contribution in [0.3, 0.4) is 0 Å². The lowest BCUT2D eigenvalue weighted by Gasteiger charge is -2.07. The molecule has 0 saturated heterocycles. The molecule has 86 valence electrons. The van der Waals surface area contributed by atoms with E-state index in [0.717, 1.165) is 0 Å². The van der Waals surface area contributed by atoms with Crippen LogP contribution in [0.25, 0.3) is 11.0 Å². The summed E-state index contributed by atoms with van der Waals surface area (Å²) in [5, 5.41) is 10.2. The van der Waals surface area contributed by atoms with Crippen LogP contribution in [0, 0.1) is 11.3 Å². The number of hydrogen-bond donors (Lipinski definition) is 0. The Morgan fingerprint density at radius 2 is 2.41 bits per heavy atom. The second kappa shape index (κ2) is 4.60. The number of methoxy groups -OCH3 is 1. The highest BCUT2D eigenvalue weighted by atomic mass is 79.9. The van der Waals surface area contributed by atoms with E-state index in [4.69, 9.17) is 14.4 Å². The number of ether oxygens (including phenoxy) is 1. The molecule has 1 aromatic heterocycles. The Hall–Kier alpha value is -1.80. The molecule has 2 rings (SSSR count). The van der Waals surface area contributed by atoms with Gasteiger partial charge in [-0.3, -0.25) is 0 Å². The SMILES string of the molecule is COC(=O)c1cc(C#N)c2ccoc2c1CBr. The number of carbonyl (C=O) groups excluding carboxylic acids is 1. The maximum absolute atomic E-state index is 11.6. The summed E-state index contributed by atoms with van der Waals surface area (Å²) < 4.78 is 10.0. The van der Waals surface area contributed by atoms with Crippen molar-refractivity contribution in [1.29, 1.82) is 5.26 Å². The van der Waals surface area contributed by atoms with E-state index in [1.807, 2.05) is 6.07 Å². The lowest BCUT2D eigenvalue weighted by molar-refractivity contribution is 0.0600. The number of carbonyl (C=O) groups is 1. The Bertz CT molecular complexity index is 624. The predicted molar refractivity (Wildman–Crippen MR) is 64.9 cm³/mol. The third-order valence-corrected chi connectivity index (χ3v) is 3.06. The van der Waals surface area contributed by atoms with Crippen molar-refractivity contribution in [3.63, 3.8) is 0 Å². The molecule has 0 fully saturated rings. The first-order chi connectivity index (χ1) is 8.22. The summed E-state index contributed by atoms with van der Waals surface area (Å²) in [6, 6.07) is 5.28. The number of esters is 1. The van der Waals surface area contributed by atoms with Crippen molar-refractivity contribution in [3.8, 4) is 6.07 Å². The van der Waals surface area contributed by atoms with Crippen molar-refractivity contribution in [2.24, 2.45) is 0 Å². The lowest BCUT2D eigenvalue weighted by Crippen LogP contribution is -2.06. The van der Waals surface area contributed by atoms with Crippen LogP contribution >= 0.6 is 15.9 Å². The maximum Gasteiger partial charge on any atom is 0.338 e. The molecule has 17 heavy (non-hydrogen) atoms. The minimum absolute atomic E-state index is 0.350. The minimum Gasteiger partial charge on any atom is -0.465 e. The van der Waals surface area contributed by atoms with Gasteiger partial charge in [-0.1, -0.05) is 15.9 Å². The average molecular weight is 294 g/mol. The van der Waals surface area contributed by atoms with Crippen LogP contribution in [-0.2, 0) is 10.1 Å². The van der Waals surface area contributed by atoms with E-state index in [2.05, 4.69) is 15.9 Å². The summed E-state index contributed by atoms with van der Waals surface area (Å²) in [6.45, 7) is 0. The molecule has 0 aliphatic carbocycles. The fourth-order valence-corrected chi connectivity index (χ4v) is 2.26. The molecule has 0 atom stereocenters. The zero-order valence-electron chi connectivity index (χ0n) is 8.99. The van der Waals surface area contributed by atoms with Gasteiger partial charge in [0.2, 0.25) is 0 Å². The van der Waals surface area contributed by atoms with Crippen molar-refractivity contribution >= 4 is 32.9 Å². The van der Waals surface area contributed by atoms with E-state index in [1.165, 1.54) is 19.4 Å². The standard InChI is InChI=1S/C12H8BrNO3/c1-16-12(15)9-4-7(6-14)8-2-3-17-11(8)10(9)5-13/h2-4H,5H2,1H3. The molecule has 2 aromatic rings. The Labute approximate surface area is 106 Å².